The molecule has 4 fully saturated rings. The van der Waals surface area contributed by atoms with Gasteiger partial charge in [0.1, 0.15) is 17.3 Å². The molecule has 0 bridgehead atoms. The second kappa shape index (κ2) is 13.8. The van der Waals surface area contributed by atoms with Gasteiger partial charge < -0.3 is 19.5 Å². The monoisotopic (exact) mass is 776 g/mol. The Morgan fingerprint density at radius 2 is 1.55 bits per heavy atom. The number of hydrazine groups is 1. The summed E-state index contributed by atoms with van der Waals surface area (Å²) >= 11 is 6.38. The van der Waals surface area contributed by atoms with E-state index in [0.29, 0.717) is 52.1 Å². The van der Waals surface area contributed by atoms with Gasteiger partial charge in [0.05, 0.1) is 54.9 Å². The molecule has 4 aromatic carbocycles. The van der Waals surface area contributed by atoms with Gasteiger partial charge >= 0.3 is 0 Å². The second-order valence-corrected chi connectivity index (χ2v) is 15.4. The fourth-order valence-corrected chi connectivity index (χ4v) is 9.91. The summed E-state index contributed by atoms with van der Waals surface area (Å²) < 4.78 is 24.8. The lowest BCUT2D eigenvalue weighted by Gasteiger charge is -2.50. The Morgan fingerprint density at radius 1 is 0.857 bits per heavy atom. The number of rotatable bonds is 7. The van der Waals surface area contributed by atoms with Crippen molar-refractivity contribution in [2.45, 2.75) is 24.2 Å². The third kappa shape index (κ3) is 5.48. The fourth-order valence-electron chi connectivity index (χ4n) is 9.78. The van der Waals surface area contributed by atoms with Crippen LogP contribution in [0.5, 0.6) is 11.5 Å². The van der Waals surface area contributed by atoms with Crippen molar-refractivity contribution in [3.63, 3.8) is 0 Å². The van der Waals surface area contributed by atoms with Gasteiger partial charge in [0.2, 0.25) is 11.8 Å². The molecule has 3 heterocycles. The Balaban J connectivity index is 1.17. The van der Waals surface area contributed by atoms with E-state index in [1.807, 2.05) is 18.2 Å². The van der Waals surface area contributed by atoms with E-state index >= 15 is 4.79 Å². The molecule has 2 N–H and O–H groups in total. The van der Waals surface area contributed by atoms with Crippen molar-refractivity contribution in [3.8, 4) is 11.5 Å². The number of hydrogen-bond donors (Lipinski definition) is 2. The van der Waals surface area contributed by atoms with Crippen LogP contribution in [-0.4, -0.2) is 67.2 Å². The summed E-state index contributed by atoms with van der Waals surface area (Å²) in [5, 5.41) is 13.1. The first-order valence-corrected chi connectivity index (χ1v) is 19.0. The Bertz CT molecular complexity index is 2280. The van der Waals surface area contributed by atoms with E-state index in [9.17, 15) is 23.9 Å². The van der Waals surface area contributed by atoms with Crippen LogP contribution in [-0.2, 0) is 29.3 Å². The Hall–Kier alpha value is -5.72. The van der Waals surface area contributed by atoms with Gasteiger partial charge in [-0.25, -0.2) is 4.39 Å². The standard InChI is InChI=1S/C43H38ClFN4O7/c1-55-30-14-15-32(36(50)22-30)38-31-16-17-33-37(41(53)48(39(33)51)29-12-10-28(11-13-29)47-18-20-56-21-19-47)34(31)23-35-40(52)49(46-27-8-6-26(45)7-9-27)42(54)43(35,38)24-2-4-25(44)5-3-24/h2-16,22,33-35,37-38,46,50H,17-21,23H2,1H3/t33-,34+,35-,37-,38+,43+/m0/s1. The molecule has 6 atom stereocenters. The van der Waals surface area contributed by atoms with Crippen molar-refractivity contribution >= 4 is 52.3 Å². The molecule has 11 nitrogen and oxygen atoms in total. The molecular formula is C43H38ClFN4O7. The lowest BCUT2D eigenvalue weighted by atomic mass is 9.49. The van der Waals surface area contributed by atoms with Crippen LogP contribution >= 0.6 is 11.6 Å². The number of nitrogens with zero attached hydrogens (tertiary/aromatic N) is 3. The Labute approximate surface area is 327 Å². The summed E-state index contributed by atoms with van der Waals surface area (Å²) in [6, 6.07) is 24.2. The molecule has 9 rings (SSSR count). The molecule has 2 aliphatic carbocycles. The fraction of sp³-hybridized carbons (Fsp3) is 0.302. The zero-order valence-electron chi connectivity index (χ0n) is 30.4. The Kier molecular flexibility index (Phi) is 8.85. The number of allylic oxidation sites excluding steroid dienone is 2. The van der Waals surface area contributed by atoms with Gasteiger partial charge in [0.15, 0.2) is 0 Å². The maximum atomic E-state index is 15.3. The molecule has 56 heavy (non-hydrogen) atoms. The second-order valence-electron chi connectivity index (χ2n) is 14.9. The largest absolute Gasteiger partial charge is 0.508 e. The third-order valence-corrected chi connectivity index (χ3v) is 12.5. The van der Waals surface area contributed by atoms with Crippen LogP contribution in [0, 0.1) is 29.5 Å². The molecule has 0 aromatic heterocycles. The number of aromatic hydroxyl groups is 1. The van der Waals surface area contributed by atoms with Gasteiger partial charge in [-0.1, -0.05) is 41.4 Å². The minimum atomic E-state index is -1.63. The number of carbonyl (C=O) groups is 4. The number of phenolic OH excluding ortho intramolecular Hbond substituents is 1. The van der Waals surface area contributed by atoms with Crippen molar-refractivity contribution in [1.82, 2.24) is 5.01 Å². The molecule has 5 aliphatic rings. The first kappa shape index (κ1) is 35.9. The van der Waals surface area contributed by atoms with Gasteiger partial charge in [-0.3, -0.25) is 29.5 Å². The zero-order chi connectivity index (χ0) is 38.9. The first-order chi connectivity index (χ1) is 27.1. The highest BCUT2D eigenvalue weighted by Gasteiger charge is 2.70. The average molecular weight is 777 g/mol. The summed E-state index contributed by atoms with van der Waals surface area (Å²) in [6.07, 6.45) is 2.22. The lowest BCUT2D eigenvalue weighted by Crippen LogP contribution is -2.53. The number of fused-ring (bicyclic) bond motifs is 4. The molecule has 0 radical (unpaired) electrons. The maximum absolute atomic E-state index is 15.3. The summed E-state index contributed by atoms with van der Waals surface area (Å²) in [7, 11) is 1.48. The van der Waals surface area contributed by atoms with Crippen LogP contribution in [0.15, 0.2) is 103 Å². The molecule has 286 valence electrons. The number of halogens is 2. The van der Waals surface area contributed by atoms with E-state index in [0.717, 1.165) is 23.8 Å². The maximum Gasteiger partial charge on any atom is 0.260 e. The molecule has 3 aliphatic heterocycles. The van der Waals surface area contributed by atoms with Crippen LogP contribution in [0.1, 0.15) is 29.9 Å². The molecule has 1 saturated carbocycles. The summed E-state index contributed by atoms with van der Waals surface area (Å²) in [6.45, 7) is 2.72. The normalized spacial score (nSPS) is 27.2. The van der Waals surface area contributed by atoms with Crippen molar-refractivity contribution in [2.24, 2.45) is 23.7 Å². The molecule has 4 aromatic rings. The number of ether oxygens (including phenoxy) is 2. The van der Waals surface area contributed by atoms with E-state index in [-0.39, 0.29) is 30.4 Å². The lowest BCUT2D eigenvalue weighted by molar-refractivity contribution is -0.138. The summed E-state index contributed by atoms with van der Waals surface area (Å²) in [4.78, 5) is 62.6. The predicted molar refractivity (Wildman–Crippen MR) is 206 cm³/mol. The number of nitrogens with one attached hydrogen (secondary N) is 1. The minimum absolute atomic E-state index is 0.0675. The van der Waals surface area contributed by atoms with Crippen molar-refractivity contribution < 1.29 is 38.1 Å². The molecule has 0 spiro atoms. The molecule has 3 saturated heterocycles. The van der Waals surface area contributed by atoms with E-state index in [2.05, 4.69) is 10.3 Å². The molecule has 4 amide bonds. The van der Waals surface area contributed by atoms with Crippen LogP contribution in [0.25, 0.3) is 0 Å². The highest BCUT2D eigenvalue weighted by atomic mass is 35.5. The minimum Gasteiger partial charge on any atom is -0.508 e. The third-order valence-electron chi connectivity index (χ3n) is 12.3. The smallest absolute Gasteiger partial charge is 0.260 e. The topological polar surface area (TPSA) is 129 Å². The van der Waals surface area contributed by atoms with E-state index in [4.69, 9.17) is 21.1 Å². The van der Waals surface area contributed by atoms with Crippen LogP contribution in [0.3, 0.4) is 0 Å². The quantitative estimate of drug-likeness (QED) is 0.166. The summed E-state index contributed by atoms with van der Waals surface area (Å²) in [5.41, 5.74) is 4.59. The van der Waals surface area contributed by atoms with E-state index in [1.54, 1.807) is 48.5 Å². The van der Waals surface area contributed by atoms with Gasteiger partial charge in [0.25, 0.3) is 11.8 Å². The average Bonchev–Trinajstić information content (AvgIpc) is 3.60. The SMILES string of the molecule is COc1ccc([C@H]2C3=CC[C@@H]4C(=O)N(c5ccc(N6CCOCC6)cc5)C(=O)[C@@H]4[C@@H]3C[C@H]3C(=O)N(Nc4ccc(F)cc4)C(=O)[C@@]23c2ccc(Cl)cc2)c(O)c1. The number of amides is 4. The number of anilines is 3. The van der Waals surface area contributed by atoms with Gasteiger partial charge in [-0.15, -0.1) is 0 Å². The summed E-state index contributed by atoms with van der Waals surface area (Å²) in [5.74, 6) is -6.26. The number of methoxy groups -OCH3 is 1. The van der Waals surface area contributed by atoms with Crippen molar-refractivity contribution in [2.75, 3.05) is 48.6 Å². The Morgan fingerprint density at radius 3 is 2.23 bits per heavy atom. The van der Waals surface area contributed by atoms with Crippen LogP contribution in [0.4, 0.5) is 21.5 Å². The number of hydrogen-bond acceptors (Lipinski definition) is 9. The number of imide groups is 2. The number of carbonyl (C=O) groups excluding carboxylic acids is 4. The van der Waals surface area contributed by atoms with Crippen molar-refractivity contribution in [3.05, 3.63) is 125 Å². The zero-order valence-corrected chi connectivity index (χ0v) is 31.1. The van der Waals surface area contributed by atoms with Gasteiger partial charge in [0, 0.05) is 41.3 Å². The number of benzene rings is 4. The molecule has 13 heteroatoms. The predicted octanol–water partition coefficient (Wildman–Crippen LogP) is 6.22. The van der Waals surface area contributed by atoms with Gasteiger partial charge in [-0.05, 0) is 91.1 Å². The number of morpholine rings is 1. The first-order valence-electron chi connectivity index (χ1n) is 18.7. The highest BCUT2D eigenvalue weighted by Crippen LogP contribution is 2.65. The highest BCUT2D eigenvalue weighted by molar-refractivity contribution is 6.30. The van der Waals surface area contributed by atoms with E-state index < -0.39 is 52.6 Å². The van der Waals surface area contributed by atoms with Crippen LogP contribution in [0.2, 0.25) is 5.02 Å². The molecule has 0 unspecified atom stereocenters. The molecular weight excluding hydrogens is 739 g/mol. The van der Waals surface area contributed by atoms with Gasteiger partial charge in [-0.2, -0.15) is 5.01 Å². The number of phenols is 1. The van der Waals surface area contributed by atoms with Crippen molar-refractivity contribution in [1.29, 1.82) is 0 Å². The van der Waals surface area contributed by atoms with E-state index in [1.165, 1.54) is 42.3 Å². The van der Waals surface area contributed by atoms with Crippen LogP contribution < -0.4 is 20.0 Å².